The van der Waals surface area contributed by atoms with E-state index in [1.165, 1.54) is 0 Å². The quantitative estimate of drug-likeness (QED) is 0.789. The molecule has 1 atom stereocenters. The molecule has 0 radical (unpaired) electrons. The van der Waals surface area contributed by atoms with Gasteiger partial charge in [-0.3, -0.25) is 4.68 Å². The van der Waals surface area contributed by atoms with E-state index < -0.39 is 5.60 Å². The molecule has 1 unspecified atom stereocenters. The van der Waals surface area contributed by atoms with Crippen molar-refractivity contribution in [2.75, 3.05) is 11.9 Å². The van der Waals surface area contributed by atoms with Crippen molar-refractivity contribution < 1.29 is 9.90 Å². The predicted molar refractivity (Wildman–Crippen MR) is 76.2 cm³/mol. The summed E-state index contributed by atoms with van der Waals surface area (Å²) in [6.07, 6.45) is 3.30. The van der Waals surface area contributed by atoms with E-state index in [-0.39, 0.29) is 12.6 Å². The summed E-state index contributed by atoms with van der Waals surface area (Å²) >= 11 is 0. The van der Waals surface area contributed by atoms with E-state index in [1.54, 1.807) is 43.2 Å². The largest absolute Gasteiger partial charge is 0.383 e. The van der Waals surface area contributed by atoms with Crippen molar-refractivity contribution in [3.05, 3.63) is 48.3 Å². The first-order valence-corrected chi connectivity index (χ1v) is 6.29. The molecule has 2 rings (SSSR count). The van der Waals surface area contributed by atoms with Gasteiger partial charge in [0.2, 0.25) is 0 Å². The van der Waals surface area contributed by atoms with Crippen LogP contribution in [0.5, 0.6) is 0 Å². The molecule has 6 nitrogen and oxygen atoms in total. The van der Waals surface area contributed by atoms with Gasteiger partial charge in [0.05, 0.1) is 12.7 Å². The minimum atomic E-state index is -1.16. The number of rotatable bonds is 4. The summed E-state index contributed by atoms with van der Waals surface area (Å²) in [5, 5.41) is 19.7. The van der Waals surface area contributed by atoms with Gasteiger partial charge in [0.1, 0.15) is 5.60 Å². The van der Waals surface area contributed by atoms with Gasteiger partial charge in [-0.15, -0.1) is 0 Å². The number of amides is 2. The van der Waals surface area contributed by atoms with E-state index in [0.29, 0.717) is 11.3 Å². The average molecular weight is 274 g/mol. The Labute approximate surface area is 117 Å². The fourth-order valence-electron chi connectivity index (χ4n) is 1.75. The van der Waals surface area contributed by atoms with Gasteiger partial charge in [-0.25, -0.2) is 4.79 Å². The summed E-state index contributed by atoms with van der Waals surface area (Å²) in [5.74, 6) is 0. The van der Waals surface area contributed by atoms with Gasteiger partial charge in [0.25, 0.3) is 0 Å². The number of urea groups is 1. The van der Waals surface area contributed by atoms with Crippen molar-refractivity contribution >= 4 is 11.7 Å². The van der Waals surface area contributed by atoms with Crippen LogP contribution in [0.15, 0.2) is 42.7 Å². The number of hydrogen-bond acceptors (Lipinski definition) is 3. The predicted octanol–water partition coefficient (Wildman–Crippen LogP) is 1.45. The molecule has 1 aromatic carbocycles. The summed E-state index contributed by atoms with van der Waals surface area (Å²) in [7, 11) is 1.77. The zero-order chi connectivity index (χ0) is 14.6. The number of benzene rings is 1. The number of nitrogens with one attached hydrogen (secondary N) is 2. The van der Waals surface area contributed by atoms with Gasteiger partial charge in [0, 0.05) is 24.5 Å². The second kappa shape index (κ2) is 5.75. The zero-order valence-electron chi connectivity index (χ0n) is 11.5. The molecule has 6 heteroatoms. The molecule has 20 heavy (non-hydrogen) atoms. The average Bonchev–Trinajstić information content (AvgIpc) is 2.85. The highest BCUT2D eigenvalue weighted by Crippen LogP contribution is 2.18. The van der Waals surface area contributed by atoms with Crippen LogP contribution in [0.3, 0.4) is 0 Å². The van der Waals surface area contributed by atoms with Crippen LogP contribution in [0.1, 0.15) is 12.5 Å². The smallest absolute Gasteiger partial charge is 0.319 e. The van der Waals surface area contributed by atoms with E-state index in [1.807, 2.05) is 18.2 Å². The topological polar surface area (TPSA) is 79.2 Å². The molecule has 0 saturated heterocycles. The number of aromatic nitrogens is 2. The van der Waals surface area contributed by atoms with Gasteiger partial charge in [0.15, 0.2) is 0 Å². The highest BCUT2D eigenvalue weighted by Gasteiger charge is 2.25. The fourth-order valence-corrected chi connectivity index (χ4v) is 1.75. The molecule has 2 aromatic rings. The van der Waals surface area contributed by atoms with E-state index in [2.05, 4.69) is 15.7 Å². The Morgan fingerprint density at radius 3 is 2.70 bits per heavy atom. The van der Waals surface area contributed by atoms with Gasteiger partial charge in [-0.05, 0) is 19.1 Å². The molecule has 0 aliphatic carbocycles. The summed E-state index contributed by atoms with van der Waals surface area (Å²) < 4.78 is 1.61. The summed E-state index contributed by atoms with van der Waals surface area (Å²) in [5.41, 5.74) is 0.188. The number of aryl methyl sites for hydroxylation is 1. The van der Waals surface area contributed by atoms with Crippen LogP contribution in [0, 0.1) is 0 Å². The molecule has 0 bridgehead atoms. The van der Waals surface area contributed by atoms with E-state index in [4.69, 9.17) is 0 Å². The monoisotopic (exact) mass is 274 g/mol. The Kier molecular flexibility index (Phi) is 4.05. The van der Waals surface area contributed by atoms with Crippen molar-refractivity contribution in [2.45, 2.75) is 12.5 Å². The lowest BCUT2D eigenvalue weighted by Crippen LogP contribution is -2.40. The maximum absolute atomic E-state index is 11.7. The lowest BCUT2D eigenvalue weighted by molar-refractivity contribution is 0.0599. The minimum Gasteiger partial charge on any atom is -0.383 e. The highest BCUT2D eigenvalue weighted by molar-refractivity contribution is 5.89. The Morgan fingerprint density at radius 2 is 2.10 bits per heavy atom. The molecular weight excluding hydrogens is 256 g/mol. The lowest BCUT2D eigenvalue weighted by atomic mass is 10.00. The van der Waals surface area contributed by atoms with Crippen LogP contribution in [0.25, 0.3) is 0 Å². The second-order valence-electron chi connectivity index (χ2n) is 4.85. The molecule has 0 fully saturated rings. The molecule has 1 heterocycles. The summed E-state index contributed by atoms with van der Waals surface area (Å²) in [6.45, 7) is 1.73. The summed E-state index contributed by atoms with van der Waals surface area (Å²) in [4.78, 5) is 11.7. The molecule has 2 amide bonds. The van der Waals surface area contributed by atoms with E-state index in [0.717, 1.165) is 0 Å². The van der Waals surface area contributed by atoms with Crippen LogP contribution in [-0.2, 0) is 12.6 Å². The molecule has 0 aliphatic rings. The fraction of sp³-hybridized carbons (Fsp3) is 0.286. The van der Waals surface area contributed by atoms with Crippen LogP contribution in [0.4, 0.5) is 10.5 Å². The van der Waals surface area contributed by atoms with Gasteiger partial charge in [-0.2, -0.15) is 5.10 Å². The third-order valence-corrected chi connectivity index (χ3v) is 2.95. The number of nitrogens with zero attached hydrogens (tertiary/aromatic N) is 2. The first-order valence-electron chi connectivity index (χ1n) is 6.29. The van der Waals surface area contributed by atoms with Crippen LogP contribution in [0.2, 0.25) is 0 Å². The third-order valence-electron chi connectivity index (χ3n) is 2.95. The number of carbonyl (C=O) groups excluding carboxylic acids is 1. The first kappa shape index (κ1) is 14.1. The molecule has 0 saturated carbocycles. The molecule has 0 spiro atoms. The zero-order valence-corrected chi connectivity index (χ0v) is 11.5. The van der Waals surface area contributed by atoms with Crippen LogP contribution in [-0.4, -0.2) is 27.5 Å². The number of carbonyl (C=O) groups is 1. The van der Waals surface area contributed by atoms with Crippen LogP contribution < -0.4 is 10.6 Å². The van der Waals surface area contributed by atoms with Crippen LogP contribution >= 0.6 is 0 Å². The Balaban J connectivity index is 1.89. The van der Waals surface area contributed by atoms with Gasteiger partial charge in [-0.1, -0.05) is 18.2 Å². The van der Waals surface area contributed by atoms with E-state index >= 15 is 0 Å². The van der Waals surface area contributed by atoms with Gasteiger partial charge >= 0.3 is 6.03 Å². The third kappa shape index (κ3) is 3.58. The lowest BCUT2D eigenvalue weighted by Gasteiger charge is -2.22. The SMILES string of the molecule is Cn1cc(C(C)(O)CNC(=O)Nc2ccccc2)cn1. The Morgan fingerprint density at radius 1 is 1.40 bits per heavy atom. The normalized spacial score (nSPS) is 13.6. The number of aliphatic hydroxyl groups is 1. The van der Waals surface area contributed by atoms with Gasteiger partial charge < -0.3 is 15.7 Å². The second-order valence-corrected chi connectivity index (χ2v) is 4.85. The van der Waals surface area contributed by atoms with Crippen molar-refractivity contribution in [1.29, 1.82) is 0 Å². The number of para-hydroxylation sites is 1. The summed E-state index contributed by atoms with van der Waals surface area (Å²) in [6, 6.07) is 8.76. The minimum absolute atomic E-state index is 0.0946. The maximum atomic E-state index is 11.7. The highest BCUT2D eigenvalue weighted by atomic mass is 16.3. The van der Waals surface area contributed by atoms with E-state index in [9.17, 15) is 9.90 Å². The number of anilines is 1. The van der Waals surface area contributed by atoms with Crippen molar-refractivity contribution in [1.82, 2.24) is 15.1 Å². The first-order chi connectivity index (χ1) is 9.47. The standard InChI is InChI=1S/C14H18N4O2/c1-14(20,11-8-16-18(2)9-11)10-15-13(19)17-12-6-4-3-5-7-12/h3-9,20H,10H2,1-2H3,(H2,15,17,19). The molecule has 1 aromatic heterocycles. The molecular formula is C14H18N4O2. The molecule has 0 aliphatic heterocycles. The van der Waals surface area contributed by atoms with Crippen molar-refractivity contribution in [2.24, 2.45) is 7.05 Å². The Bertz CT molecular complexity index is 578. The molecule has 3 N–H and O–H groups in total. The Hall–Kier alpha value is -2.34. The maximum Gasteiger partial charge on any atom is 0.319 e. The molecule has 106 valence electrons. The van der Waals surface area contributed by atoms with Crippen molar-refractivity contribution in [3.8, 4) is 0 Å². The number of hydrogen-bond donors (Lipinski definition) is 3. The van der Waals surface area contributed by atoms with Crippen molar-refractivity contribution in [3.63, 3.8) is 0 Å².